The van der Waals surface area contributed by atoms with Crippen LogP contribution in [0.2, 0.25) is 0 Å². The first kappa shape index (κ1) is 24.2. The van der Waals surface area contributed by atoms with Crippen molar-refractivity contribution in [3.05, 3.63) is 0 Å². The lowest BCUT2D eigenvalue weighted by Crippen LogP contribution is -2.47. The number of aliphatic imine (C=N–C) groups is 1. The number of nitrogens with two attached hydrogens (primary N) is 1. The van der Waals surface area contributed by atoms with E-state index < -0.39 is 5.54 Å². The molecule has 0 saturated heterocycles. The fraction of sp³-hybridized carbons (Fsp3) is 0.917. The molecule has 29 heavy (non-hydrogen) atoms. The molecule has 0 heterocycles. The van der Waals surface area contributed by atoms with Crippen molar-refractivity contribution in [2.75, 3.05) is 20.7 Å². The Morgan fingerprint density at radius 2 is 1.86 bits per heavy atom. The van der Waals surface area contributed by atoms with Gasteiger partial charge in [-0.25, -0.2) is 0 Å². The van der Waals surface area contributed by atoms with E-state index in [1.54, 1.807) is 4.90 Å². The van der Waals surface area contributed by atoms with Crippen molar-refractivity contribution in [1.29, 1.82) is 0 Å². The van der Waals surface area contributed by atoms with Crippen molar-refractivity contribution < 1.29 is 9.53 Å². The summed E-state index contributed by atoms with van der Waals surface area (Å²) in [4.78, 5) is 19.7. The molecule has 0 aromatic heterocycles. The third kappa shape index (κ3) is 7.58. The Balaban J connectivity index is 2.07. The van der Waals surface area contributed by atoms with Crippen LogP contribution in [0.4, 0.5) is 0 Å². The van der Waals surface area contributed by atoms with E-state index in [1.165, 1.54) is 57.7 Å². The van der Waals surface area contributed by atoms with Crippen LogP contribution in [0.1, 0.15) is 96.8 Å². The number of nitrogens with zero attached hydrogens (tertiary/aromatic N) is 2. The van der Waals surface area contributed by atoms with Gasteiger partial charge in [0.2, 0.25) is 5.91 Å². The van der Waals surface area contributed by atoms with Crippen molar-refractivity contribution in [3.63, 3.8) is 0 Å². The molecule has 2 fully saturated rings. The highest BCUT2D eigenvalue weighted by Crippen LogP contribution is 2.39. The SMILES string of the molecule is CCCCOC1CCCC(C[C@@](CCC2CCCCC2)(N=CN)C(=O)N(C)C)C1. The normalized spacial score (nSPS) is 25.8. The number of carbonyl (C=O) groups is 1. The monoisotopic (exact) mass is 407 g/mol. The summed E-state index contributed by atoms with van der Waals surface area (Å²) in [6.45, 7) is 3.06. The minimum atomic E-state index is -0.703. The number of unbranched alkanes of at least 4 members (excludes halogenated alkanes) is 1. The molecule has 0 spiro atoms. The van der Waals surface area contributed by atoms with Crippen LogP contribution in [0.15, 0.2) is 4.99 Å². The van der Waals surface area contributed by atoms with E-state index >= 15 is 0 Å². The quantitative estimate of drug-likeness (QED) is 0.300. The highest BCUT2D eigenvalue weighted by molar-refractivity contribution is 5.87. The average molecular weight is 408 g/mol. The van der Waals surface area contributed by atoms with Gasteiger partial charge in [0.25, 0.3) is 0 Å². The second kappa shape index (κ2) is 12.6. The van der Waals surface area contributed by atoms with Crippen LogP contribution in [0, 0.1) is 11.8 Å². The van der Waals surface area contributed by atoms with Gasteiger partial charge in [-0.2, -0.15) is 0 Å². The van der Waals surface area contributed by atoms with Crippen LogP contribution in [-0.4, -0.2) is 49.5 Å². The number of carbonyl (C=O) groups excluding carboxylic acids is 1. The Morgan fingerprint density at radius 3 is 2.52 bits per heavy atom. The number of hydrogen-bond donors (Lipinski definition) is 1. The van der Waals surface area contributed by atoms with Crippen LogP contribution in [0.25, 0.3) is 0 Å². The molecule has 0 radical (unpaired) electrons. The van der Waals surface area contributed by atoms with Gasteiger partial charge in [0.1, 0.15) is 5.54 Å². The molecular weight excluding hydrogens is 362 g/mol. The van der Waals surface area contributed by atoms with Crippen LogP contribution in [-0.2, 0) is 9.53 Å². The van der Waals surface area contributed by atoms with Crippen LogP contribution in [0.3, 0.4) is 0 Å². The number of ether oxygens (including phenoxy) is 1. The molecule has 2 aliphatic carbocycles. The van der Waals surface area contributed by atoms with Gasteiger partial charge in [-0.3, -0.25) is 9.79 Å². The molecule has 2 rings (SSSR count). The maximum absolute atomic E-state index is 13.3. The van der Waals surface area contributed by atoms with Gasteiger partial charge in [-0.05, 0) is 50.4 Å². The van der Waals surface area contributed by atoms with E-state index in [0.29, 0.717) is 12.0 Å². The van der Waals surface area contributed by atoms with E-state index in [2.05, 4.69) is 11.9 Å². The highest BCUT2D eigenvalue weighted by atomic mass is 16.5. The van der Waals surface area contributed by atoms with Gasteiger partial charge < -0.3 is 15.4 Å². The van der Waals surface area contributed by atoms with Crippen molar-refractivity contribution in [1.82, 2.24) is 4.90 Å². The van der Waals surface area contributed by atoms with Crippen LogP contribution >= 0.6 is 0 Å². The summed E-state index contributed by atoms with van der Waals surface area (Å²) in [5, 5.41) is 0. The minimum Gasteiger partial charge on any atom is -0.390 e. The molecular formula is C24H45N3O2. The Kier molecular flexibility index (Phi) is 10.5. The van der Waals surface area contributed by atoms with Crippen LogP contribution < -0.4 is 5.73 Å². The molecule has 5 heteroatoms. The standard InChI is InChI=1S/C24H45N3O2/c1-4-5-16-29-22-13-9-12-21(17-22)18-24(26-19-25,23(28)27(2)3)15-14-20-10-7-6-8-11-20/h19-22H,4-18H2,1-3H3,(H2,25,26)/t21?,22?,24-/m1/s1. The lowest BCUT2D eigenvalue weighted by molar-refractivity contribution is -0.135. The van der Waals surface area contributed by atoms with Gasteiger partial charge in [-0.15, -0.1) is 0 Å². The van der Waals surface area contributed by atoms with Crippen molar-refractivity contribution in [2.45, 2.75) is 108 Å². The molecule has 2 aliphatic rings. The number of rotatable bonds is 11. The summed E-state index contributed by atoms with van der Waals surface area (Å²) in [6.07, 6.45) is 17.9. The van der Waals surface area contributed by atoms with E-state index in [1.807, 2.05) is 14.1 Å². The van der Waals surface area contributed by atoms with E-state index in [9.17, 15) is 4.79 Å². The van der Waals surface area contributed by atoms with E-state index in [0.717, 1.165) is 51.0 Å². The van der Waals surface area contributed by atoms with Gasteiger partial charge in [0, 0.05) is 20.7 Å². The highest BCUT2D eigenvalue weighted by Gasteiger charge is 2.42. The summed E-state index contributed by atoms with van der Waals surface area (Å²) in [6, 6.07) is 0. The van der Waals surface area contributed by atoms with Crippen molar-refractivity contribution >= 4 is 12.2 Å². The van der Waals surface area contributed by atoms with Gasteiger partial charge in [0.15, 0.2) is 0 Å². The smallest absolute Gasteiger partial charge is 0.250 e. The molecule has 2 saturated carbocycles. The molecule has 2 N–H and O–H groups in total. The molecule has 0 aromatic rings. The summed E-state index contributed by atoms with van der Waals surface area (Å²) >= 11 is 0. The first-order valence-electron chi connectivity index (χ1n) is 12.1. The second-order valence-electron chi connectivity index (χ2n) is 9.64. The number of likely N-dealkylation sites (N-methyl/N-ethyl adjacent to an activating group) is 1. The summed E-state index contributed by atoms with van der Waals surface area (Å²) in [7, 11) is 3.70. The fourth-order valence-corrected chi connectivity index (χ4v) is 5.40. The number of amides is 1. The third-order valence-corrected chi connectivity index (χ3v) is 7.03. The summed E-state index contributed by atoms with van der Waals surface area (Å²) in [5.41, 5.74) is 5.08. The Labute approximate surface area is 178 Å². The molecule has 1 amide bonds. The maximum Gasteiger partial charge on any atom is 0.250 e. The molecule has 5 nitrogen and oxygen atoms in total. The van der Waals surface area contributed by atoms with Crippen molar-refractivity contribution in [2.24, 2.45) is 22.6 Å². The lowest BCUT2D eigenvalue weighted by atomic mass is 9.74. The predicted octanol–water partition coefficient (Wildman–Crippen LogP) is 4.93. The zero-order chi connectivity index (χ0) is 21.1. The van der Waals surface area contributed by atoms with Gasteiger partial charge in [-0.1, -0.05) is 58.3 Å². The molecule has 0 bridgehead atoms. The van der Waals surface area contributed by atoms with E-state index in [4.69, 9.17) is 10.5 Å². The molecule has 2 unspecified atom stereocenters. The maximum atomic E-state index is 13.3. The first-order valence-corrected chi connectivity index (χ1v) is 12.1. The van der Waals surface area contributed by atoms with E-state index in [-0.39, 0.29) is 5.91 Å². The Hall–Kier alpha value is -1.10. The molecule has 3 atom stereocenters. The molecule has 0 aromatic carbocycles. The number of hydrogen-bond acceptors (Lipinski definition) is 3. The third-order valence-electron chi connectivity index (χ3n) is 7.03. The topological polar surface area (TPSA) is 67.9 Å². The lowest BCUT2D eigenvalue weighted by Gasteiger charge is -2.38. The fourth-order valence-electron chi connectivity index (χ4n) is 5.40. The molecule has 0 aliphatic heterocycles. The Morgan fingerprint density at radius 1 is 1.14 bits per heavy atom. The van der Waals surface area contributed by atoms with Crippen LogP contribution in [0.5, 0.6) is 0 Å². The minimum absolute atomic E-state index is 0.115. The molecule has 168 valence electrons. The van der Waals surface area contributed by atoms with Gasteiger partial charge >= 0.3 is 0 Å². The second-order valence-corrected chi connectivity index (χ2v) is 9.64. The Bertz CT molecular complexity index is 502. The zero-order valence-electron chi connectivity index (χ0n) is 19.2. The zero-order valence-corrected chi connectivity index (χ0v) is 19.2. The largest absolute Gasteiger partial charge is 0.390 e. The van der Waals surface area contributed by atoms with Gasteiger partial charge in [0.05, 0.1) is 12.4 Å². The summed E-state index contributed by atoms with van der Waals surface area (Å²) in [5.74, 6) is 1.33. The average Bonchev–Trinajstić information content (AvgIpc) is 2.73. The predicted molar refractivity (Wildman–Crippen MR) is 121 cm³/mol. The van der Waals surface area contributed by atoms with Crippen molar-refractivity contribution in [3.8, 4) is 0 Å². The first-order chi connectivity index (χ1) is 14.0. The summed E-state index contributed by atoms with van der Waals surface area (Å²) < 4.78 is 6.13.